The highest BCUT2D eigenvalue weighted by Crippen LogP contribution is 2.25. The highest BCUT2D eigenvalue weighted by molar-refractivity contribution is 7.81. The van der Waals surface area contributed by atoms with Crippen LogP contribution in [0, 0.1) is 17.0 Å². The molecule has 2 aromatic carbocycles. The summed E-state index contributed by atoms with van der Waals surface area (Å²) in [5.74, 6) is -0.651. The maximum atomic E-state index is 13.5. The van der Waals surface area contributed by atoms with Gasteiger partial charge in [0.15, 0.2) is 17.4 Å². The number of nitro groups is 1. The van der Waals surface area contributed by atoms with E-state index in [4.69, 9.17) is 12.2 Å². The minimum Gasteiger partial charge on any atom is -0.867 e. The van der Waals surface area contributed by atoms with Crippen molar-refractivity contribution in [3.63, 3.8) is 0 Å². The molecule has 2 N–H and O–H groups in total. The highest BCUT2D eigenvalue weighted by Gasteiger charge is 2.21. The van der Waals surface area contributed by atoms with Crippen LogP contribution in [0.15, 0.2) is 67.0 Å². The van der Waals surface area contributed by atoms with Crippen molar-refractivity contribution in [1.82, 2.24) is 0 Å². The van der Waals surface area contributed by atoms with Crippen molar-refractivity contribution in [2.75, 3.05) is 5.32 Å². The van der Waals surface area contributed by atoms with Gasteiger partial charge in [-0.05, 0) is 48.6 Å². The van der Waals surface area contributed by atoms with E-state index in [1.807, 2.05) is 0 Å². The fourth-order valence-corrected chi connectivity index (χ4v) is 3.40. The van der Waals surface area contributed by atoms with E-state index in [-0.39, 0.29) is 34.3 Å². The normalized spacial score (nSPS) is 11.7. The Morgan fingerprint density at radius 1 is 1.24 bits per heavy atom. The van der Waals surface area contributed by atoms with Crippen molar-refractivity contribution in [3.8, 4) is 5.75 Å². The monoisotopic (exact) mass is 487 g/mol. The zero-order valence-corrected chi connectivity index (χ0v) is 18.6. The molecule has 0 saturated carbocycles. The van der Waals surface area contributed by atoms with E-state index in [1.54, 1.807) is 25.3 Å². The summed E-state index contributed by atoms with van der Waals surface area (Å²) in [4.78, 5) is 10.7. The summed E-state index contributed by atoms with van der Waals surface area (Å²) < 4.78 is 30.5. The van der Waals surface area contributed by atoms with E-state index < -0.39 is 17.3 Å². The number of benzene rings is 2. The van der Waals surface area contributed by atoms with Gasteiger partial charge in [-0.3, -0.25) is 10.1 Å². The Balaban J connectivity index is 2.06. The molecule has 1 aromatic heterocycles. The van der Waals surface area contributed by atoms with Gasteiger partial charge in [0.1, 0.15) is 5.75 Å². The molecule has 0 radical (unpaired) electrons. The molecule has 11 heteroatoms. The van der Waals surface area contributed by atoms with Crippen LogP contribution in [0.1, 0.15) is 16.7 Å². The first-order valence-corrected chi connectivity index (χ1v) is 10.2. The second kappa shape index (κ2) is 10.8. The summed E-state index contributed by atoms with van der Waals surface area (Å²) in [7, 11) is 0. The van der Waals surface area contributed by atoms with E-state index >= 15 is 0 Å². The lowest BCUT2D eigenvalue weighted by Crippen LogP contribution is -2.40. The largest absolute Gasteiger partial charge is 0.867 e. The molecule has 8 nitrogen and oxygen atoms in total. The minimum atomic E-state index is -2.97. The van der Waals surface area contributed by atoms with Crippen molar-refractivity contribution in [2.45, 2.75) is 20.1 Å². The van der Waals surface area contributed by atoms with Gasteiger partial charge in [-0.15, -0.1) is 0 Å². The predicted octanol–water partition coefficient (Wildman–Crippen LogP) is 3.41. The lowest BCUT2D eigenvalue weighted by Gasteiger charge is -2.17. The number of anilines is 1. The second-order valence-corrected chi connectivity index (χ2v) is 7.48. The number of nitro benzene ring substituents is 1. The van der Waals surface area contributed by atoms with Crippen LogP contribution in [0.5, 0.6) is 5.75 Å². The average Bonchev–Trinajstić information content (AvgIpc) is 2.80. The summed E-state index contributed by atoms with van der Waals surface area (Å²) in [5.41, 5.74) is 1.08. The highest BCUT2D eigenvalue weighted by atomic mass is 32.1. The fourth-order valence-electron chi connectivity index (χ4n) is 3.09. The molecular weight excluding hydrogens is 468 g/mol. The molecule has 0 saturated heterocycles. The molecule has 0 aliphatic rings. The van der Waals surface area contributed by atoms with Gasteiger partial charge in [0.25, 0.3) is 5.69 Å². The second-order valence-electron chi connectivity index (χ2n) is 7.07. The van der Waals surface area contributed by atoms with Gasteiger partial charge in [-0.2, -0.15) is 13.3 Å². The number of thiocarbonyl (C=S) groups is 1. The zero-order chi connectivity index (χ0) is 24.8. The Bertz CT molecular complexity index is 1250. The van der Waals surface area contributed by atoms with Crippen molar-refractivity contribution < 1.29 is 33.2 Å². The van der Waals surface area contributed by atoms with E-state index in [2.05, 4.69) is 10.1 Å². The van der Waals surface area contributed by atoms with Crippen molar-refractivity contribution in [2.24, 2.45) is 0 Å². The lowest BCUT2D eigenvalue weighted by atomic mass is 10.1. The molecule has 34 heavy (non-hydrogen) atoms. The summed E-state index contributed by atoms with van der Waals surface area (Å²) in [6, 6.07) is 12.9. The number of aryl methyl sites for hydroxylation is 1. The minimum absolute atomic E-state index is 0.0312. The number of hydrogen-bond donors (Lipinski definition) is 2. The Morgan fingerprint density at radius 2 is 1.94 bits per heavy atom. The fraction of sp³-hybridized carbons (Fsp3) is 0.130. The number of pyridine rings is 1. The first kappa shape index (κ1) is 24.7. The van der Waals surface area contributed by atoms with Crippen LogP contribution in [0.2, 0.25) is 0 Å². The molecule has 1 heterocycles. The van der Waals surface area contributed by atoms with Gasteiger partial charge >= 0.3 is 6.61 Å². The first-order valence-electron chi connectivity index (χ1n) is 9.84. The molecule has 0 fully saturated rings. The smallest absolute Gasteiger partial charge is 0.387 e. The Morgan fingerprint density at radius 3 is 2.56 bits per heavy atom. The number of ether oxygens (including phenoxy) is 1. The predicted molar refractivity (Wildman–Crippen MR) is 123 cm³/mol. The standard InChI is InChI=1S/C23H19F2N3O5S/c1-14-4-5-16(11-19(14)28(31)32)21(30)20(27-10-2-3-15(12-27)13-29)22(34)26-17-6-8-18(9-7-17)33-23(24)25/h2-12,23,29H,13H2,1H3,(H-,26,30,34). The van der Waals surface area contributed by atoms with Crippen LogP contribution in [0.25, 0.3) is 11.5 Å². The number of nitrogens with zero attached hydrogens (tertiary/aromatic N) is 2. The third-order valence-electron chi connectivity index (χ3n) is 4.74. The molecule has 176 valence electrons. The Kier molecular flexibility index (Phi) is 7.82. The van der Waals surface area contributed by atoms with E-state index in [0.717, 1.165) is 0 Å². The quantitative estimate of drug-likeness (QED) is 0.125. The molecule has 0 bridgehead atoms. The molecule has 0 spiro atoms. The van der Waals surface area contributed by atoms with Crippen LogP contribution in [-0.4, -0.2) is 21.6 Å². The number of halogens is 2. The molecule has 3 aromatic rings. The van der Waals surface area contributed by atoms with Crippen molar-refractivity contribution >= 4 is 40.0 Å². The van der Waals surface area contributed by atoms with Crippen LogP contribution < -0.4 is 19.7 Å². The molecule has 0 aliphatic heterocycles. The van der Waals surface area contributed by atoms with Crippen LogP contribution in [0.3, 0.4) is 0 Å². The van der Waals surface area contributed by atoms with Gasteiger partial charge in [0.05, 0.1) is 11.5 Å². The van der Waals surface area contributed by atoms with Gasteiger partial charge < -0.3 is 20.3 Å². The Hall–Kier alpha value is -3.96. The summed E-state index contributed by atoms with van der Waals surface area (Å²) >= 11 is 5.47. The van der Waals surface area contributed by atoms with E-state index in [1.165, 1.54) is 53.2 Å². The molecular formula is C23H19F2N3O5S. The Labute approximate surface area is 198 Å². The topological polar surface area (TPSA) is 112 Å². The zero-order valence-electron chi connectivity index (χ0n) is 17.8. The van der Waals surface area contributed by atoms with E-state index in [9.17, 15) is 29.1 Å². The summed E-state index contributed by atoms with van der Waals surface area (Å²) in [6.07, 6.45) is 3.05. The molecule has 0 unspecified atom stereocenters. The van der Waals surface area contributed by atoms with Gasteiger partial charge in [0, 0.05) is 28.9 Å². The molecule has 0 amide bonds. The van der Waals surface area contributed by atoms with E-state index in [0.29, 0.717) is 16.8 Å². The molecule has 3 rings (SSSR count). The number of rotatable bonds is 8. The van der Waals surface area contributed by atoms with Crippen LogP contribution >= 0.6 is 12.2 Å². The first-order chi connectivity index (χ1) is 16.2. The number of alkyl halides is 2. The number of hydrogen-bond acceptors (Lipinski definition) is 6. The summed E-state index contributed by atoms with van der Waals surface area (Å²) in [5, 5.41) is 37.2. The number of aromatic nitrogens is 1. The lowest BCUT2D eigenvalue weighted by molar-refractivity contribution is -0.578. The number of aliphatic hydroxyl groups is 1. The molecule has 0 atom stereocenters. The summed E-state index contributed by atoms with van der Waals surface area (Å²) in [6.45, 7) is -1.69. The third kappa shape index (κ3) is 5.88. The van der Waals surface area contributed by atoms with Crippen molar-refractivity contribution in [1.29, 1.82) is 0 Å². The van der Waals surface area contributed by atoms with Crippen LogP contribution in [0.4, 0.5) is 20.2 Å². The van der Waals surface area contributed by atoms with Gasteiger partial charge in [0.2, 0.25) is 5.70 Å². The SMILES string of the molecule is Cc1ccc(/C([O-])=C(/C(=S)Nc2ccc(OC(F)F)cc2)[n+]2cccc(CO)c2)cc1[N+](=O)[O-]. The van der Waals surface area contributed by atoms with Gasteiger partial charge in [-0.25, -0.2) is 0 Å². The van der Waals surface area contributed by atoms with Gasteiger partial charge in [-0.1, -0.05) is 24.4 Å². The third-order valence-corrected chi connectivity index (χ3v) is 5.03. The maximum Gasteiger partial charge on any atom is 0.387 e. The van der Waals surface area contributed by atoms with Crippen molar-refractivity contribution in [3.05, 3.63) is 93.8 Å². The molecule has 0 aliphatic carbocycles. The van der Waals surface area contributed by atoms with Crippen LogP contribution in [-0.2, 0) is 6.61 Å². The average molecular weight is 487 g/mol. The number of aliphatic hydroxyl groups excluding tert-OH is 1. The maximum absolute atomic E-state index is 13.5. The number of nitrogens with one attached hydrogen (secondary N) is 1.